The summed E-state index contributed by atoms with van der Waals surface area (Å²) in [5.74, 6) is 0.459. The van der Waals surface area contributed by atoms with E-state index in [2.05, 4.69) is 22.9 Å². The molecule has 0 saturated carbocycles. The summed E-state index contributed by atoms with van der Waals surface area (Å²) in [5.41, 5.74) is 0. The third kappa shape index (κ3) is 3.66. The Morgan fingerprint density at radius 3 is 2.79 bits per heavy atom. The van der Waals surface area contributed by atoms with Crippen molar-refractivity contribution in [2.24, 2.45) is 0 Å². The lowest BCUT2D eigenvalue weighted by Crippen LogP contribution is -1.97. The number of rotatable bonds is 5. The minimum Gasteiger partial charge on any atom is -0.492 e. The Labute approximate surface area is 92.4 Å². The van der Waals surface area contributed by atoms with Gasteiger partial charge in [-0.2, -0.15) is 0 Å². The number of hydrogen-bond donors (Lipinski definition) is 0. The average molecular weight is 261 g/mol. The van der Waals surface area contributed by atoms with Crippen molar-refractivity contribution in [1.82, 2.24) is 0 Å². The first kappa shape index (κ1) is 11.5. The maximum atomic E-state index is 12.7. The van der Waals surface area contributed by atoms with Crippen LogP contribution in [-0.2, 0) is 0 Å². The van der Waals surface area contributed by atoms with Crippen LogP contribution in [-0.4, -0.2) is 6.61 Å². The predicted molar refractivity (Wildman–Crippen MR) is 59.1 cm³/mol. The third-order valence-corrected chi connectivity index (χ3v) is 2.52. The van der Waals surface area contributed by atoms with Gasteiger partial charge in [0.1, 0.15) is 11.6 Å². The van der Waals surface area contributed by atoms with Crippen molar-refractivity contribution >= 4 is 15.9 Å². The molecular formula is C11H14BrFO. The van der Waals surface area contributed by atoms with Crippen molar-refractivity contribution in [3.05, 3.63) is 28.5 Å². The SMILES string of the molecule is CCCCCOc1ccc(F)cc1Br. The first-order valence-electron chi connectivity index (χ1n) is 4.82. The van der Waals surface area contributed by atoms with E-state index in [9.17, 15) is 4.39 Å². The lowest BCUT2D eigenvalue weighted by atomic mass is 10.3. The van der Waals surface area contributed by atoms with Crippen LogP contribution in [0.15, 0.2) is 22.7 Å². The molecule has 0 aliphatic heterocycles. The molecule has 0 radical (unpaired) electrons. The highest BCUT2D eigenvalue weighted by Crippen LogP contribution is 2.25. The maximum Gasteiger partial charge on any atom is 0.133 e. The summed E-state index contributed by atoms with van der Waals surface area (Å²) >= 11 is 3.25. The second kappa shape index (κ2) is 6.02. The first-order valence-corrected chi connectivity index (χ1v) is 5.61. The molecule has 0 spiro atoms. The molecule has 0 aliphatic carbocycles. The van der Waals surface area contributed by atoms with Crippen LogP contribution in [0.4, 0.5) is 4.39 Å². The molecule has 0 aliphatic rings. The van der Waals surface area contributed by atoms with Gasteiger partial charge in [0.2, 0.25) is 0 Å². The Hall–Kier alpha value is -0.570. The lowest BCUT2D eigenvalue weighted by Gasteiger charge is -2.07. The van der Waals surface area contributed by atoms with Gasteiger partial charge in [0.15, 0.2) is 0 Å². The van der Waals surface area contributed by atoms with E-state index in [1.165, 1.54) is 25.0 Å². The Morgan fingerprint density at radius 2 is 2.14 bits per heavy atom. The van der Waals surface area contributed by atoms with Crippen molar-refractivity contribution in [1.29, 1.82) is 0 Å². The monoisotopic (exact) mass is 260 g/mol. The zero-order valence-corrected chi connectivity index (χ0v) is 9.81. The van der Waals surface area contributed by atoms with E-state index in [1.807, 2.05) is 0 Å². The predicted octanol–water partition coefficient (Wildman–Crippen LogP) is 4.16. The van der Waals surface area contributed by atoms with E-state index < -0.39 is 0 Å². The highest BCUT2D eigenvalue weighted by molar-refractivity contribution is 9.10. The Kier molecular flexibility index (Phi) is 4.94. The van der Waals surface area contributed by atoms with Crippen LogP contribution in [0.3, 0.4) is 0 Å². The zero-order chi connectivity index (χ0) is 10.4. The molecule has 0 amide bonds. The third-order valence-electron chi connectivity index (χ3n) is 1.90. The molecule has 1 aromatic carbocycles. The second-order valence-electron chi connectivity index (χ2n) is 3.13. The molecular weight excluding hydrogens is 247 g/mol. The molecule has 0 aromatic heterocycles. The zero-order valence-electron chi connectivity index (χ0n) is 8.22. The van der Waals surface area contributed by atoms with Crippen molar-refractivity contribution < 1.29 is 9.13 Å². The van der Waals surface area contributed by atoms with Gasteiger partial charge in [-0.05, 0) is 40.5 Å². The summed E-state index contributed by atoms with van der Waals surface area (Å²) in [6.07, 6.45) is 3.38. The minimum absolute atomic E-state index is 0.252. The molecule has 0 saturated heterocycles. The van der Waals surface area contributed by atoms with E-state index in [4.69, 9.17) is 4.74 Å². The van der Waals surface area contributed by atoms with Crippen molar-refractivity contribution in [3.63, 3.8) is 0 Å². The molecule has 14 heavy (non-hydrogen) atoms. The number of ether oxygens (including phenoxy) is 1. The minimum atomic E-state index is -0.252. The highest BCUT2D eigenvalue weighted by Gasteiger charge is 2.01. The number of halogens is 2. The van der Waals surface area contributed by atoms with Crippen LogP contribution < -0.4 is 4.74 Å². The van der Waals surface area contributed by atoms with Crippen LogP contribution in [0.1, 0.15) is 26.2 Å². The molecule has 0 N–H and O–H groups in total. The molecule has 3 heteroatoms. The van der Waals surface area contributed by atoms with Crippen LogP contribution in [0.5, 0.6) is 5.75 Å². The normalized spacial score (nSPS) is 10.2. The molecule has 0 heterocycles. The van der Waals surface area contributed by atoms with Gasteiger partial charge in [0, 0.05) is 0 Å². The highest BCUT2D eigenvalue weighted by atomic mass is 79.9. The fraction of sp³-hybridized carbons (Fsp3) is 0.455. The smallest absolute Gasteiger partial charge is 0.133 e. The standard InChI is InChI=1S/C11H14BrFO/c1-2-3-4-7-14-11-6-5-9(13)8-10(11)12/h5-6,8H,2-4,7H2,1H3. The quantitative estimate of drug-likeness (QED) is 0.723. The summed E-state index contributed by atoms with van der Waals surface area (Å²) in [5, 5.41) is 0. The van der Waals surface area contributed by atoms with E-state index in [1.54, 1.807) is 6.07 Å². The van der Waals surface area contributed by atoms with Crippen molar-refractivity contribution in [2.45, 2.75) is 26.2 Å². The summed E-state index contributed by atoms with van der Waals surface area (Å²) in [6, 6.07) is 4.46. The first-order chi connectivity index (χ1) is 6.74. The summed E-state index contributed by atoms with van der Waals surface area (Å²) in [7, 11) is 0. The average Bonchev–Trinajstić information content (AvgIpc) is 2.15. The molecule has 1 nitrogen and oxygen atoms in total. The lowest BCUT2D eigenvalue weighted by molar-refractivity contribution is 0.304. The molecule has 0 fully saturated rings. The number of unbranched alkanes of at least 4 members (excludes halogenated alkanes) is 2. The topological polar surface area (TPSA) is 9.23 Å². The van der Waals surface area contributed by atoms with Gasteiger partial charge in [-0.15, -0.1) is 0 Å². The van der Waals surface area contributed by atoms with Crippen molar-refractivity contribution in [3.8, 4) is 5.75 Å². The van der Waals surface area contributed by atoms with E-state index in [0.717, 1.165) is 6.42 Å². The fourth-order valence-electron chi connectivity index (χ4n) is 1.13. The van der Waals surface area contributed by atoms with Crippen LogP contribution in [0, 0.1) is 5.82 Å². The van der Waals surface area contributed by atoms with E-state index >= 15 is 0 Å². The van der Waals surface area contributed by atoms with Gasteiger partial charge in [0.05, 0.1) is 11.1 Å². The summed E-state index contributed by atoms with van der Waals surface area (Å²) in [6.45, 7) is 2.84. The number of hydrogen-bond acceptors (Lipinski definition) is 1. The Bertz CT molecular complexity index is 289. The largest absolute Gasteiger partial charge is 0.492 e. The van der Waals surface area contributed by atoms with Gasteiger partial charge in [-0.1, -0.05) is 19.8 Å². The van der Waals surface area contributed by atoms with Gasteiger partial charge >= 0.3 is 0 Å². The van der Waals surface area contributed by atoms with Gasteiger partial charge in [-0.25, -0.2) is 4.39 Å². The molecule has 1 rings (SSSR count). The Balaban J connectivity index is 2.42. The van der Waals surface area contributed by atoms with Crippen molar-refractivity contribution in [2.75, 3.05) is 6.61 Å². The summed E-state index contributed by atoms with van der Waals surface area (Å²) in [4.78, 5) is 0. The van der Waals surface area contributed by atoms with Gasteiger partial charge < -0.3 is 4.74 Å². The van der Waals surface area contributed by atoms with Crippen LogP contribution in [0.2, 0.25) is 0 Å². The second-order valence-corrected chi connectivity index (χ2v) is 3.98. The molecule has 0 atom stereocenters. The van der Waals surface area contributed by atoms with Gasteiger partial charge in [0.25, 0.3) is 0 Å². The number of benzene rings is 1. The maximum absolute atomic E-state index is 12.7. The molecule has 78 valence electrons. The fourth-order valence-corrected chi connectivity index (χ4v) is 1.59. The van der Waals surface area contributed by atoms with E-state index in [-0.39, 0.29) is 5.82 Å². The summed E-state index contributed by atoms with van der Waals surface area (Å²) < 4.78 is 18.9. The van der Waals surface area contributed by atoms with Crippen LogP contribution in [0.25, 0.3) is 0 Å². The van der Waals surface area contributed by atoms with Gasteiger partial charge in [-0.3, -0.25) is 0 Å². The molecule has 0 bridgehead atoms. The van der Waals surface area contributed by atoms with Crippen LogP contribution >= 0.6 is 15.9 Å². The Morgan fingerprint density at radius 1 is 1.36 bits per heavy atom. The van der Waals surface area contributed by atoms with E-state index in [0.29, 0.717) is 16.8 Å². The molecule has 0 unspecified atom stereocenters. The molecule has 1 aromatic rings.